The summed E-state index contributed by atoms with van der Waals surface area (Å²) in [6.45, 7) is 0. The monoisotopic (exact) mass is 1180 g/mol. The molecular weight excluding hydrogens is 1110 g/mol. The van der Waals surface area contributed by atoms with Gasteiger partial charge in [0.25, 0.3) is 0 Å². The van der Waals surface area contributed by atoms with Crippen LogP contribution in [-0.2, 0) is 4.57 Å². The predicted molar refractivity (Wildman–Crippen MR) is 281 cm³/mol. The van der Waals surface area contributed by atoms with Crippen molar-refractivity contribution in [2.45, 2.75) is 0 Å². The molecule has 36 heteroatoms. The first kappa shape index (κ1) is 66.0. The van der Waals surface area contributed by atoms with Crippen LogP contribution < -0.4 is 34.0 Å². The van der Waals surface area contributed by atoms with E-state index < -0.39 is 15.6 Å². The fourth-order valence-corrected chi connectivity index (χ4v) is 6.22. The predicted octanol–water partition coefficient (Wildman–Crippen LogP) is 0.756. The first-order valence-corrected chi connectivity index (χ1v) is 26.4. The van der Waals surface area contributed by atoms with Gasteiger partial charge in [-0.2, -0.15) is 7.82 Å². The molecule has 440 valence electrons. The van der Waals surface area contributed by atoms with Gasteiger partial charge in [0.2, 0.25) is 0 Å². The van der Waals surface area contributed by atoms with Gasteiger partial charge in [-0.15, -0.1) is 20.4 Å². The minimum absolute atomic E-state index is 0.681. The van der Waals surface area contributed by atoms with Gasteiger partial charge < -0.3 is 19.2 Å². The molecule has 0 unspecified atom stereocenters. The molecule has 8 rings (SSSR count). The second-order valence-corrected chi connectivity index (χ2v) is 20.7. The van der Waals surface area contributed by atoms with Gasteiger partial charge in [-0.25, -0.2) is 37.9 Å². The molecule has 0 fully saturated rings. The van der Waals surface area contributed by atoms with Crippen LogP contribution in [0.3, 0.4) is 0 Å². The molecule has 0 amide bonds. The Kier molecular flexibility index (Phi) is 22.3. The number of amidine groups is 4. The summed E-state index contributed by atoms with van der Waals surface area (Å²) in [5.41, 5.74) is 6.60. The third kappa shape index (κ3) is 22.9. The Balaban J connectivity index is 0.000000262. The Bertz CT molecular complexity index is 3060. The molecule has 0 saturated heterocycles. The minimum Gasteiger partial charge on any atom is -0.822 e. The maximum atomic E-state index is 9.87. The number of aromatic nitrogens is 12. The van der Waals surface area contributed by atoms with E-state index in [4.69, 9.17) is 38.6 Å². The summed E-state index contributed by atoms with van der Waals surface area (Å²) in [4.78, 5) is 61.6. The van der Waals surface area contributed by atoms with Crippen molar-refractivity contribution in [1.29, 1.82) is 0 Å². The zero-order chi connectivity index (χ0) is 60.6. The molecule has 4 aromatic heterocycles. The molecule has 4 heterocycles. The molecule has 0 aliphatic heterocycles. The van der Waals surface area contributed by atoms with E-state index in [0.29, 0.717) is 24.1 Å². The molecule has 0 atom stereocenters. The van der Waals surface area contributed by atoms with Crippen LogP contribution in [0.4, 0.5) is 25.2 Å². The number of halogens is 6. The van der Waals surface area contributed by atoms with Crippen LogP contribution in [0, 0.1) is 0 Å². The Labute approximate surface area is 454 Å². The van der Waals surface area contributed by atoms with Gasteiger partial charge >= 0.3 is 57.1 Å². The summed E-state index contributed by atoms with van der Waals surface area (Å²) in [6.07, 6.45) is 0. The number of nitrogens with zero attached hydrogens (tertiary/aromatic N) is 20. The molecule has 0 aliphatic carbocycles. The van der Waals surface area contributed by atoms with Crippen LogP contribution in [0.1, 0.15) is 0 Å². The number of hydrogen-bond donors (Lipinski definition) is 0. The van der Waals surface area contributed by atoms with Crippen molar-refractivity contribution >= 4 is 83.9 Å². The maximum absolute atomic E-state index is 10.7. The Hall–Kier alpha value is -8.32. The SMILES string of the molecule is CN(C)C(On1nnc2ccccc21)=[N+](C)C.CN(C)C(On1nnc2ccccc21)=[N+](C)C.CN(C)C(On1nnc2ccccc21)=[N+](C)C.CN(C)C(On1nnc2ccccc21)=[N+](C)C.F[P-](F)(F)(F)(F)F.O=P([O-])([O-])[O-]. The van der Waals surface area contributed by atoms with Crippen LogP contribution >= 0.6 is 15.6 Å². The van der Waals surface area contributed by atoms with Crippen molar-refractivity contribution in [2.24, 2.45) is 0 Å². The molecule has 80 heavy (non-hydrogen) atoms. The summed E-state index contributed by atoms with van der Waals surface area (Å²) in [6, 6.07) is 33.4. The molecule has 28 nitrogen and oxygen atoms in total. The van der Waals surface area contributed by atoms with Gasteiger partial charge in [-0.05, 0) is 69.4 Å². The topological polar surface area (TPSA) is 271 Å². The zero-order valence-corrected chi connectivity index (χ0v) is 48.4. The van der Waals surface area contributed by atoms with E-state index in [1.807, 2.05) is 248 Å². The number of benzene rings is 4. The summed E-state index contributed by atoms with van der Waals surface area (Å²) in [5.74, 6) is 0. The molecule has 0 radical (unpaired) electrons. The standard InChI is InChI=1S/4C11H16N5O.F6P.H3O4P/c4*1-14(2)11(15(3)4)17-16-10-8-6-5-7-9(10)12-13-16;1-7(2,3,4,5)6;1-5(2,3)4/h4*5-8H,1-4H3;;(H3,1,2,3,4)/q4*+1;-1;/p-3. The van der Waals surface area contributed by atoms with Crippen molar-refractivity contribution in [3.05, 3.63) is 97.1 Å². The maximum Gasteiger partial charge on any atom is -0.159 e. The van der Waals surface area contributed by atoms with Crippen molar-refractivity contribution in [3.8, 4) is 0 Å². The van der Waals surface area contributed by atoms with Crippen molar-refractivity contribution < 1.29 is 82.1 Å². The summed E-state index contributed by atoms with van der Waals surface area (Å²) >= 11 is 0. The zero-order valence-electron chi connectivity index (χ0n) is 46.6. The minimum atomic E-state index is -10.7. The number of fused-ring (bicyclic) bond motifs is 4. The fourth-order valence-electron chi connectivity index (χ4n) is 6.22. The Morgan fingerprint density at radius 1 is 0.400 bits per heavy atom. The molecule has 8 aromatic rings. The number of rotatable bonds is 4. The van der Waals surface area contributed by atoms with E-state index in [0.717, 1.165) is 44.1 Å². The van der Waals surface area contributed by atoms with Crippen molar-refractivity contribution in [2.75, 3.05) is 113 Å². The first-order chi connectivity index (χ1) is 36.8. The van der Waals surface area contributed by atoms with Gasteiger partial charge in [0.1, 0.15) is 44.1 Å². The number of phosphoric acid groups is 1. The van der Waals surface area contributed by atoms with Crippen LogP contribution in [0.25, 0.3) is 44.1 Å². The smallest absolute Gasteiger partial charge is 0.159 e. The van der Waals surface area contributed by atoms with Crippen molar-refractivity contribution in [3.63, 3.8) is 0 Å². The average Bonchev–Trinajstić information content (AvgIpc) is 4.14. The molecule has 0 saturated carbocycles. The molecule has 4 aromatic carbocycles. The average molecular weight is 1180 g/mol. The van der Waals surface area contributed by atoms with Crippen molar-refractivity contribution in [1.82, 2.24) is 80.2 Å². The molecule has 0 spiro atoms. The van der Waals surface area contributed by atoms with E-state index in [1.54, 1.807) is 0 Å². The van der Waals surface area contributed by atoms with E-state index >= 15 is 0 Å². The summed E-state index contributed by atoms with van der Waals surface area (Å²) in [5, 5.41) is 32.0. The van der Waals surface area contributed by atoms with E-state index in [1.165, 1.54) is 19.4 Å². The van der Waals surface area contributed by atoms with Gasteiger partial charge in [0.05, 0.1) is 113 Å². The largest absolute Gasteiger partial charge is 0.822 e. The first-order valence-electron chi connectivity index (χ1n) is 22.9. The van der Waals surface area contributed by atoms with Crippen LogP contribution in [0.15, 0.2) is 97.1 Å². The summed E-state index contributed by atoms with van der Waals surface area (Å²) in [7, 11) is 14.5. The van der Waals surface area contributed by atoms with E-state index in [-0.39, 0.29) is 0 Å². The van der Waals surface area contributed by atoms with Crippen LogP contribution in [-0.4, -0.2) is 235 Å². The second kappa shape index (κ2) is 27.0. The molecule has 0 bridgehead atoms. The molecular formula is C44H64F6N20O8P2. The second-order valence-electron chi connectivity index (χ2n) is 17.9. The van der Waals surface area contributed by atoms with Gasteiger partial charge in [0, 0.05) is 0 Å². The van der Waals surface area contributed by atoms with Gasteiger partial charge in [0.15, 0.2) is 0 Å². The summed E-state index contributed by atoms with van der Waals surface area (Å²) < 4.78 is 75.2. The Morgan fingerprint density at radius 2 is 0.550 bits per heavy atom. The normalized spacial score (nSPS) is 11.6. The fraction of sp³-hybridized carbons (Fsp3) is 0.364. The van der Waals surface area contributed by atoms with E-state index in [9.17, 15) is 25.2 Å². The quantitative estimate of drug-likeness (QED) is 0.0774. The number of hydrogen-bond acceptors (Lipinski definition) is 16. The molecule has 0 aliphatic rings. The molecule has 0 N–H and O–H groups in total. The van der Waals surface area contributed by atoms with E-state index in [2.05, 4.69) is 41.2 Å². The van der Waals surface area contributed by atoms with Crippen LogP contribution in [0.2, 0.25) is 0 Å². The number of para-hydroxylation sites is 4. The third-order valence-corrected chi connectivity index (χ3v) is 9.02. The third-order valence-electron chi connectivity index (χ3n) is 9.02. The Morgan fingerprint density at radius 3 is 0.688 bits per heavy atom. The van der Waals surface area contributed by atoms with Gasteiger partial charge in [-0.1, -0.05) is 67.9 Å². The van der Waals surface area contributed by atoms with Crippen LogP contribution in [0.5, 0.6) is 0 Å². The van der Waals surface area contributed by atoms with Gasteiger partial charge in [-0.3, -0.25) is 19.4 Å².